The minimum Gasteiger partial charge on any atom is -0.312 e. The molecule has 12 heavy (non-hydrogen) atoms. The molecule has 62 valence electrons. The van der Waals surface area contributed by atoms with Crippen LogP contribution in [0.15, 0.2) is 36.6 Å². The molecule has 1 aliphatic heterocycles. The molecule has 2 rings (SSSR count). The van der Waals surface area contributed by atoms with E-state index in [1.807, 2.05) is 18.4 Å². The van der Waals surface area contributed by atoms with Crippen LogP contribution in [0.2, 0.25) is 0 Å². The molecule has 1 aliphatic carbocycles. The fourth-order valence-corrected chi connectivity index (χ4v) is 1.68. The number of carbonyl (C=O) groups is 1. The van der Waals surface area contributed by atoms with Crippen molar-refractivity contribution in [3.63, 3.8) is 0 Å². The van der Waals surface area contributed by atoms with Gasteiger partial charge in [-0.3, -0.25) is 4.79 Å². The smallest absolute Gasteiger partial charge is 0.223 e. The van der Waals surface area contributed by atoms with E-state index in [1.165, 1.54) is 0 Å². The zero-order valence-electron chi connectivity index (χ0n) is 6.97. The maximum Gasteiger partial charge on any atom is 0.223 e. The van der Waals surface area contributed by atoms with Crippen molar-refractivity contribution in [2.75, 3.05) is 0 Å². The van der Waals surface area contributed by atoms with Gasteiger partial charge in [-0.05, 0) is 0 Å². The van der Waals surface area contributed by atoms with E-state index in [0.29, 0.717) is 5.92 Å². The van der Waals surface area contributed by atoms with Gasteiger partial charge in [0.2, 0.25) is 5.91 Å². The first-order valence-electron chi connectivity index (χ1n) is 4.11. The lowest BCUT2D eigenvalue weighted by atomic mass is 9.97. The van der Waals surface area contributed by atoms with Crippen LogP contribution in [0.1, 0.15) is 6.92 Å². The molecule has 0 spiro atoms. The van der Waals surface area contributed by atoms with Crippen LogP contribution in [0.3, 0.4) is 0 Å². The third-order valence-electron chi connectivity index (χ3n) is 2.30. The Morgan fingerprint density at radius 3 is 2.75 bits per heavy atom. The van der Waals surface area contributed by atoms with Gasteiger partial charge in [0.15, 0.2) is 0 Å². The van der Waals surface area contributed by atoms with Crippen molar-refractivity contribution in [1.82, 2.24) is 4.90 Å². The molecular weight excluding hydrogens is 150 g/mol. The highest BCUT2D eigenvalue weighted by molar-refractivity contribution is 5.76. The molecule has 0 saturated carbocycles. The number of nitrogens with zero attached hydrogens (tertiary/aromatic N) is 1. The van der Waals surface area contributed by atoms with Crippen molar-refractivity contribution in [2.24, 2.45) is 5.92 Å². The van der Waals surface area contributed by atoms with E-state index in [1.54, 1.807) is 11.8 Å². The van der Waals surface area contributed by atoms with Gasteiger partial charge in [0.05, 0.1) is 6.04 Å². The molecular formula is C10H11NO. The van der Waals surface area contributed by atoms with Gasteiger partial charge in [-0.25, -0.2) is 0 Å². The number of hydrogen-bond donors (Lipinski definition) is 0. The fraction of sp³-hybridized carbons (Fsp3) is 0.300. The van der Waals surface area contributed by atoms with Crippen LogP contribution < -0.4 is 0 Å². The minimum absolute atomic E-state index is 0.110. The predicted molar refractivity (Wildman–Crippen MR) is 47.2 cm³/mol. The maximum absolute atomic E-state index is 11.1. The highest BCUT2D eigenvalue weighted by Crippen LogP contribution is 2.26. The minimum atomic E-state index is 0.110. The van der Waals surface area contributed by atoms with Crippen LogP contribution >= 0.6 is 0 Å². The molecule has 1 amide bonds. The maximum atomic E-state index is 11.1. The van der Waals surface area contributed by atoms with E-state index in [-0.39, 0.29) is 11.9 Å². The highest BCUT2D eigenvalue weighted by Gasteiger charge is 2.28. The molecule has 0 saturated heterocycles. The normalized spacial score (nSPS) is 30.9. The summed E-state index contributed by atoms with van der Waals surface area (Å²) in [5, 5.41) is 0. The Balaban J connectivity index is 2.24. The van der Waals surface area contributed by atoms with E-state index in [0.717, 1.165) is 0 Å². The molecule has 2 aliphatic rings. The van der Waals surface area contributed by atoms with Gasteiger partial charge in [-0.2, -0.15) is 0 Å². The Labute approximate surface area is 71.9 Å². The standard InChI is InChI=1S/C10H11NO/c1-8(12)11-7-6-9-4-2-3-5-10(9)11/h2-7,9-10H,1H3. The van der Waals surface area contributed by atoms with Crippen LogP contribution in [0.25, 0.3) is 0 Å². The van der Waals surface area contributed by atoms with E-state index < -0.39 is 0 Å². The van der Waals surface area contributed by atoms with Gasteiger partial charge in [-0.15, -0.1) is 0 Å². The van der Waals surface area contributed by atoms with Crippen LogP contribution in [0, 0.1) is 5.92 Å². The Kier molecular flexibility index (Phi) is 1.61. The molecule has 2 atom stereocenters. The lowest BCUT2D eigenvalue weighted by Crippen LogP contribution is -2.33. The summed E-state index contributed by atoms with van der Waals surface area (Å²) in [7, 11) is 0. The Hall–Kier alpha value is -1.31. The summed E-state index contributed by atoms with van der Waals surface area (Å²) in [6.45, 7) is 1.60. The largest absolute Gasteiger partial charge is 0.312 e. The summed E-state index contributed by atoms with van der Waals surface area (Å²) >= 11 is 0. The molecule has 0 N–H and O–H groups in total. The quantitative estimate of drug-likeness (QED) is 0.527. The molecule has 0 aromatic rings. The molecule has 0 fully saturated rings. The molecule has 1 heterocycles. The van der Waals surface area contributed by atoms with Crippen molar-refractivity contribution in [2.45, 2.75) is 13.0 Å². The fourth-order valence-electron chi connectivity index (χ4n) is 1.68. The predicted octanol–water partition coefficient (Wildman–Crippen LogP) is 1.47. The van der Waals surface area contributed by atoms with Crippen LogP contribution in [0.5, 0.6) is 0 Å². The SMILES string of the molecule is CC(=O)N1C=CC2C=CC=CC21. The van der Waals surface area contributed by atoms with E-state index in [4.69, 9.17) is 0 Å². The molecule has 2 nitrogen and oxygen atoms in total. The zero-order chi connectivity index (χ0) is 8.55. The third-order valence-corrected chi connectivity index (χ3v) is 2.30. The van der Waals surface area contributed by atoms with E-state index in [2.05, 4.69) is 18.2 Å². The van der Waals surface area contributed by atoms with Gasteiger partial charge >= 0.3 is 0 Å². The first kappa shape index (κ1) is 7.35. The first-order chi connectivity index (χ1) is 5.79. The van der Waals surface area contributed by atoms with Gasteiger partial charge in [0.1, 0.15) is 0 Å². The lowest BCUT2D eigenvalue weighted by Gasteiger charge is -2.24. The van der Waals surface area contributed by atoms with Gasteiger partial charge in [-0.1, -0.05) is 30.4 Å². The van der Waals surface area contributed by atoms with Crippen molar-refractivity contribution in [1.29, 1.82) is 0 Å². The van der Waals surface area contributed by atoms with Crippen molar-refractivity contribution in [3.8, 4) is 0 Å². The summed E-state index contributed by atoms with van der Waals surface area (Å²) in [5.41, 5.74) is 0. The van der Waals surface area contributed by atoms with Crippen LogP contribution in [0.4, 0.5) is 0 Å². The van der Waals surface area contributed by atoms with Crippen LogP contribution in [-0.4, -0.2) is 16.8 Å². The van der Waals surface area contributed by atoms with Gasteiger partial charge in [0, 0.05) is 19.0 Å². The average Bonchev–Trinajstić information content (AvgIpc) is 2.47. The zero-order valence-corrected chi connectivity index (χ0v) is 6.97. The van der Waals surface area contributed by atoms with Crippen LogP contribution in [-0.2, 0) is 4.79 Å². The second-order valence-corrected chi connectivity index (χ2v) is 3.11. The first-order valence-corrected chi connectivity index (χ1v) is 4.11. The number of hydrogen-bond acceptors (Lipinski definition) is 1. The molecule has 2 unspecified atom stereocenters. The topological polar surface area (TPSA) is 20.3 Å². The molecule has 0 aromatic carbocycles. The van der Waals surface area contributed by atoms with Gasteiger partial charge < -0.3 is 4.90 Å². The Morgan fingerprint density at radius 1 is 1.25 bits per heavy atom. The molecule has 0 aromatic heterocycles. The van der Waals surface area contributed by atoms with E-state index in [9.17, 15) is 4.79 Å². The monoisotopic (exact) mass is 161 g/mol. The van der Waals surface area contributed by atoms with Crippen molar-refractivity contribution >= 4 is 5.91 Å². The number of rotatable bonds is 0. The highest BCUT2D eigenvalue weighted by atomic mass is 16.2. The lowest BCUT2D eigenvalue weighted by molar-refractivity contribution is -0.127. The second kappa shape index (κ2) is 2.63. The molecule has 2 heteroatoms. The summed E-state index contributed by atoms with van der Waals surface area (Å²) in [6, 6.07) is 0.229. The third kappa shape index (κ3) is 0.998. The molecule has 0 bridgehead atoms. The second-order valence-electron chi connectivity index (χ2n) is 3.11. The van der Waals surface area contributed by atoms with Crippen molar-refractivity contribution in [3.05, 3.63) is 36.6 Å². The van der Waals surface area contributed by atoms with Gasteiger partial charge in [0.25, 0.3) is 0 Å². The Bertz CT molecular complexity index is 288. The number of fused-ring (bicyclic) bond motifs is 1. The Morgan fingerprint density at radius 2 is 2.00 bits per heavy atom. The number of allylic oxidation sites excluding steroid dienone is 2. The number of amides is 1. The number of carbonyl (C=O) groups excluding carboxylic acids is 1. The summed E-state index contributed by atoms with van der Waals surface area (Å²) in [6.07, 6.45) is 12.1. The molecule has 0 radical (unpaired) electrons. The average molecular weight is 161 g/mol. The van der Waals surface area contributed by atoms with Crippen molar-refractivity contribution < 1.29 is 4.79 Å². The summed E-state index contributed by atoms with van der Waals surface area (Å²) in [4.78, 5) is 12.9. The summed E-state index contributed by atoms with van der Waals surface area (Å²) < 4.78 is 0. The summed E-state index contributed by atoms with van der Waals surface area (Å²) in [5.74, 6) is 0.498. The van der Waals surface area contributed by atoms with E-state index >= 15 is 0 Å².